The second-order valence-corrected chi connectivity index (χ2v) is 4.19. The SMILES string of the molecule is O=C(O)CCCCNC(=O)Nc1cc(F)cc([N+](=O)[O-])c1. The van der Waals surface area contributed by atoms with Gasteiger partial charge < -0.3 is 15.7 Å². The third-order valence-electron chi connectivity index (χ3n) is 2.45. The van der Waals surface area contributed by atoms with Gasteiger partial charge in [0.25, 0.3) is 5.69 Å². The Morgan fingerprint density at radius 3 is 2.62 bits per heavy atom. The van der Waals surface area contributed by atoms with Gasteiger partial charge in [-0.15, -0.1) is 0 Å². The van der Waals surface area contributed by atoms with Gasteiger partial charge in [-0.25, -0.2) is 9.18 Å². The number of nitro groups is 1. The largest absolute Gasteiger partial charge is 0.481 e. The summed E-state index contributed by atoms with van der Waals surface area (Å²) in [5.41, 5.74) is -0.503. The van der Waals surface area contributed by atoms with Crippen molar-refractivity contribution in [3.05, 3.63) is 34.1 Å². The molecule has 8 nitrogen and oxygen atoms in total. The van der Waals surface area contributed by atoms with Crippen molar-refractivity contribution in [2.45, 2.75) is 19.3 Å². The number of nitrogens with one attached hydrogen (secondary N) is 2. The molecule has 0 spiro atoms. The Kier molecular flexibility index (Phi) is 6.05. The molecule has 0 saturated carbocycles. The number of carboxylic acids is 1. The highest BCUT2D eigenvalue weighted by Crippen LogP contribution is 2.19. The van der Waals surface area contributed by atoms with Crippen LogP contribution in [0.5, 0.6) is 0 Å². The third kappa shape index (κ3) is 6.32. The summed E-state index contributed by atoms with van der Waals surface area (Å²) >= 11 is 0. The number of hydrogen-bond donors (Lipinski definition) is 3. The maximum atomic E-state index is 13.1. The van der Waals surface area contributed by atoms with Crippen molar-refractivity contribution in [3.63, 3.8) is 0 Å². The summed E-state index contributed by atoms with van der Waals surface area (Å²) in [6.45, 7) is 0.247. The molecule has 0 bridgehead atoms. The Bertz CT molecular complexity index is 550. The van der Waals surface area contributed by atoms with Crippen LogP contribution in [-0.4, -0.2) is 28.6 Å². The predicted molar refractivity (Wildman–Crippen MR) is 71.6 cm³/mol. The first-order valence-electron chi connectivity index (χ1n) is 6.10. The van der Waals surface area contributed by atoms with Crippen molar-refractivity contribution >= 4 is 23.4 Å². The average molecular weight is 299 g/mol. The lowest BCUT2D eigenvalue weighted by Gasteiger charge is -2.07. The molecule has 0 aliphatic carbocycles. The zero-order chi connectivity index (χ0) is 15.8. The first-order chi connectivity index (χ1) is 9.88. The van der Waals surface area contributed by atoms with E-state index in [0.717, 1.165) is 18.2 Å². The number of unbranched alkanes of at least 4 members (excludes halogenated alkanes) is 1. The van der Waals surface area contributed by atoms with Crippen LogP contribution < -0.4 is 10.6 Å². The molecule has 0 fully saturated rings. The maximum absolute atomic E-state index is 13.1. The van der Waals surface area contributed by atoms with Gasteiger partial charge in [-0.3, -0.25) is 14.9 Å². The van der Waals surface area contributed by atoms with Gasteiger partial charge in [0, 0.05) is 19.0 Å². The molecule has 0 saturated heterocycles. The Labute approximate surface area is 119 Å². The Morgan fingerprint density at radius 2 is 2.00 bits per heavy atom. The first kappa shape index (κ1) is 16.3. The van der Waals surface area contributed by atoms with Crippen molar-refractivity contribution in [3.8, 4) is 0 Å². The van der Waals surface area contributed by atoms with Gasteiger partial charge in [0.05, 0.1) is 16.7 Å². The van der Waals surface area contributed by atoms with Crippen LogP contribution in [0.1, 0.15) is 19.3 Å². The van der Waals surface area contributed by atoms with Crippen LogP contribution in [0.15, 0.2) is 18.2 Å². The molecule has 0 aromatic heterocycles. The van der Waals surface area contributed by atoms with E-state index in [-0.39, 0.29) is 18.7 Å². The molecular formula is C12H14FN3O5. The number of benzene rings is 1. The van der Waals surface area contributed by atoms with Crippen LogP contribution in [0.2, 0.25) is 0 Å². The highest BCUT2D eigenvalue weighted by molar-refractivity contribution is 5.89. The molecule has 1 rings (SSSR count). The van der Waals surface area contributed by atoms with Crippen molar-refractivity contribution < 1.29 is 24.0 Å². The van der Waals surface area contributed by atoms with Crippen LogP contribution in [0, 0.1) is 15.9 Å². The molecule has 0 aliphatic heterocycles. The molecule has 2 amide bonds. The highest BCUT2D eigenvalue weighted by atomic mass is 19.1. The number of nitro benzene ring substituents is 1. The van der Waals surface area contributed by atoms with E-state index < -0.39 is 28.4 Å². The number of carbonyl (C=O) groups excluding carboxylic acids is 1. The number of rotatable bonds is 7. The van der Waals surface area contributed by atoms with E-state index in [9.17, 15) is 24.1 Å². The molecule has 3 N–H and O–H groups in total. The van der Waals surface area contributed by atoms with Crippen molar-refractivity contribution in [1.29, 1.82) is 0 Å². The predicted octanol–water partition coefficient (Wildman–Crippen LogP) is 2.11. The summed E-state index contributed by atoms with van der Waals surface area (Å²) < 4.78 is 13.1. The number of anilines is 1. The lowest BCUT2D eigenvalue weighted by Crippen LogP contribution is -2.29. The lowest BCUT2D eigenvalue weighted by atomic mass is 10.2. The molecule has 0 aliphatic rings. The topological polar surface area (TPSA) is 122 Å². The van der Waals surface area contributed by atoms with Gasteiger partial charge in [0.1, 0.15) is 5.82 Å². The van der Waals surface area contributed by atoms with Gasteiger partial charge in [0.2, 0.25) is 0 Å². The zero-order valence-corrected chi connectivity index (χ0v) is 11.0. The molecule has 114 valence electrons. The smallest absolute Gasteiger partial charge is 0.319 e. The molecule has 1 aromatic rings. The van der Waals surface area contributed by atoms with E-state index in [0.29, 0.717) is 12.8 Å². The minimum atomic E-state index is -0.911. The summed E-state index contributed by atoms with van der Waals surface area (Å²) in [5.74, 6) is -1.74. The summed E-state index contributed by atoms with van der Waals surface area (Å²) in [4.78, 5) is 31.5. The molecule has 9 heteroatoms. The van der Waals surface area contributed by atoms with Crippen molar-refractivity contribution in [1.82, 2.24) is 5.32 Å². The molecule has 0 radical (unpaired) electrons. The number of nitrogens with zero attached hydrogens (tertiary/aromatic N) is 1. The number of urea groups is 1. The molecule has 0 heterocycles. The van der Waals surface area contributed by atoms with E-state index in [2.05, 4.69) is 10.6 Å². The number of halogens is 1. The number of carbonyl (C=O) groups is 2. The minimum Gasteiger partial charge on any atom is -0.481 e. The number of hydrogen-bond acceptors (Lipinski definition) is 4. The van der Waals surface area contributed by atoms with Crippen LogP contribution in [-0.2, 0) is 4.79 Å². The Morgan fingerprint density at radius 1 is 1.29 bits per heavy atom. The fraction of sp³-hybridized carbons (Fsp3) is 0.333. The van der Waals surface area contributed by atoms with Gasteiger partial charge in [0.15, 0.2) is 0 Å². The highest BCUT2D eigenvalue weighted by Gasteiger charge is 2.11. The second kappa shape index (κ2) is 7.78. The van der Waals surface area contributed by atoms with Crippen LogP contribution in [0.4, 0.5) is 20.6 Å². The van der Waals surface area contributed by atoms with E-state index in [1.807, 2.05) is 0 Å². The van der Waals surface area contributed by atoms with Crippen LogP contribution in [0.25, 0.3) is 0 Å². The zero-order valence-electron chi connectivity index (χ0n) is 11.0. The molecule has 0 unspecified atom stereocenters. The normalized spacial score (nSPS) is 9.95. The van der Waals surface area contributed by atoms with E-state index in [4.69, 9.17) is 5.11 Å². The molecule has 1 aromatic carbocycles. The summed E-state index contributed by atoms with van der Waals surface area (Å²) in [6, 6.07) is 2.09. The van der Waals surface area contributed by atoms with Gasteiger partial charge in [-0.2, -0.15) is 0 Å². The van der Waals surface area contributed by atoms with E-state index in [1.54, 1.807) is 0 Å². The standard InChI is InChI=1S/C12H14FN3O5/c13-8-5-9(7-10(6-8)16(20)21)15-12(19)14-4-2-1-3-11(17)18/h5-7H,1-4H2,(H,17,18)(H2,14,15,19). The summed E-state index contributed by atoms with van der Waals surface area (Å²) in [6.07, 6.45) is 0.906. The first-order valence-corrected chi connectivity index (χ1v) is 6.10. The minimum absolute atomic E-state index is 0.0133. The van der Waals surface area contributed by atoms with E-state index >= 15 is 0 Å². The Balaban J connectivity index is 2.44. The molecule has 0 atom stereocenters. The fourth-order valence-electron chi connectivity index (χ4n) is 1.53. The number of aliphatic carboxylic acids is 1. The number of non-ortho nitro benzene ring substituents is 1. The maximum Gasteiger partial charge on any atom is 0.319 e. The van der Waals surface area contributed by atoms with E-state index in [1.165, 1.54) is 0 Å². The summed E-state index contributed by atoms with van der Waals surface area (Å²) in [5, 5.41) is 23.7. The lowest BCUT2D eigenvalue weighted by molar-refractivity contribution is -0.385. The molecular weight excluding hydrogens is 285 g/mol. The third-order valence-corrected chi connectivity index (χ3v) is 2.45. The molecule has 21 heavy (non-hydrogen) atoms. The summed E-state index contributed by atoms with van der Waals surface area (Å²) in [7, 11) is 0. The Hall–Kier alpha value is -2.71. The van der Waals surface area contributed by atoms with Gasteiger partial charge in [-0.1, -0.05) is 0 Å². The average Bonchev–Trinajstić information content (AvgIpc) is 2.37. The monoisotopic (exact) mass is 299 g/mol. The van der Waals surface area contributed by atoms with Crippen molar-refractivity contribution in [2.75, 3.05) is 11.9 Å². The van der Waals surface area contributed by atoms with Crippen LogP contribution in [0.3, 0.4) is 0 Å². The van der Waals surface area contributed by atoms with Crippen molar-refractivity contribution in [2.24, 2.45) is 0 Å². The second-order valence-electron chi connectivity index (χ2n) is 4.19. The van der Waals surface area contributed by atoms with Gasteiger partial charge >= 0.3 is 12.0 Å². The number of amides is 2. The van der Waals surface area contributed by atoms with Gasteiger partial charge in [-0.05, 0) is 18.9 Å². The number of carboxylic acid groups (broad SMARTS) is 1. The van der Waals surface area contributed by atoms with Crippen LogP contribution >= 0.6 is 0 Å². The quantitative estimate of drug-likeness (QED) is 0.404. The fourth-order valence-corrected chi connectivity index (χ4v) is 1.53.